The van der Waals surface area contributed by atoms with Crippen molar-refractivity contribution in [3.63, 3.8) is 0 Å². The Labute approximate surface area is 161 Å². The smallest absolute Gasteiger partial charge is 0.175 e. The summed E-state index contributed by atoms with van der Waals surface area (Å²) in [6.45, 7) is 3.36. The minimum atomic E-state index is -3.15. The van der Waals surface area contributed by atoms with Crippen LogP contribution in [0.2, 0.25) is 0 Å². The van der Waals surface area contributed by atoms with Crippen LogP contribution in [0.4, 0.5) is 0 Å². The third-order valence-corrected chi connectivity index (χ3v) is 6.79. The Morgan fingerprint density at radius 3 is 2.42 bits per heavy atom. The largest absolute Gasteiger partial charge is 0.334 e. The molecular formula is C19H26ClN3O2S. The van der Waals surface area contributed by atoms with Gasteiger partial charge in [0.1, 0.15) is 5.82 Å². The summed E-state index contributed by atoms with van der Waals surface area (Å²) in [6, 6.07) is 7.05. The Bertz CT molecular complexity index is 855. The number of nitrogens with one attached hydrogen (secondary N) is 1. The molecule has 0 bridgehead atoms. The van der Waals surface area contributed by atoms with Crippen LogP contribution in [0.15, 0.2) is 35.4 Å². The molecule has 142 valence electrons. The van der Waals surface area contributed by atoms with E-state index < -0.39 is 9.84 Å². The number of hydrogen-bond donors (Lipinski definition) is 1. The van der Waals surface area contributed by atoms with Crippen LogP contribution < -0.4 is 5.32 Å². The second-order valence-electron chi connectivity index (χ2n) is 7.38. The maximum absolute atomic E-state index is 11.6. The third kappa shape index (κ3) is 3.97. The molecule has 3 heterocycles. The van der Waals surface area contributed by atoms with Crippen LogP contribution in [0.25, 0.3) is 11.3 Å². The van der Waals surface area contributed by atoms with Gasteiger partial charge < -0.3 is 9.88 Å². The van der Waals surface area contributed by atoms with Crippen molar-refractivity contribution in [3.05, 3.63) is 36.3 Å². The Kier molecular flexibility index (Phi) is 5.75. The lowest BCUT2D eigenvalue weighted by atomic mass is 9.81. The van der Waals surface area contributed by atoms with E-state index in [2.05, 4.69) is 16.1 Å². The van der Waals surface area contributed by atoms with E-state index in [1.54, 1.807) is 12.1 Å². The average molecular weight is 396 g/mol. The highest BCUT2D eigenvalue weighted by Crippen LogP contribution is 2.32. The van der Waals surface area contributed by atoms with E-state index in [0.717, 1.165) is 55.0 Å². The van der Waals surface area contributed by atoms with E-state index in [4.69, 9.17) is 4.98 Å². The van der Waals surface area contributed by atoms with Crippen molar-refractivity contribution in [1.82, 2.24) is 14.9 Å². The minimum Gasteiger partial charge on any atom is -0.334 e. The molecule has 26 heavy (non-hydrogen) atoms. The maximum atomic E-state index is 11.6. The van der Waals surface area contributed by atoms with E-state index in [1.807, 2.05) is 12.1 Å². The van der Waals surface area contributed by atoms with Gasteiger partial charge in [-0.3, -0.25) is 0 Å². The first-order chi connectivity index (χ1) is 12.0. The Balaban J connectivity index is 0.00000196. The fraction of sp³-hybridized carbons (Fsp3) is 0.526. The van der Waals surface area contributed by atoms with Crippen molar-refractivity contribution >= 4 is 22.2 Å². The third-order valence-electron chi connectivity index (χ3n) is 5.66. The van der Waals surface area contributed by atoms with Gasteiger partial charge in [0.2, 0.25) is 0 Å². The van der Waals surface area contributed by atoms with Crippen molar-refractivity contribution in [2.24, 2.45) is 11.8 Å². The quantitative estimate of drug-likeness (QED) is 0.867. The van der Waals surface area contributed by atoms with Gasteiger partial charge in [-0.05, 0) is 56.3 Å². The summed E-state index contributed by atoms with van der Waals surface area (Å²) in [6.07, 6.45) is 8.21. The highest BCUT2D eigenvalue weighted by molar-refractivity contribution is 7.90. The van der Waals surface area contributed by atoms with Gasteiger partial charge in [0.25, 0.3) is 0 Å². The number of rotatable bonds is 3. The summed E-state index contributed by atoms with van der Waals surface area (Å²) in [5, 5.41) is 3.45. The first-order valence-corrected chi connectivity index (χ1v) is 11.0. The minimum absolute atomic E-state index is 0. The fourth-order valence-electron chi connectivity index (χ4n) is 4.18. The molecule has 0 amide bonds. The van der Waals surface area contributed by atoms with Crippen LogP contribution in [0.1, 0.15) is 25.1 Å². The van der Waals surface area contributed by atoms with Gasteiger partial charge >= 0.3 is 0 Å². The van der Waals surface area contributed by atoms with Crippen molar-refractivity contribution in [2.75, 3.05) is 19.3 Å². The molecule has 5 nitrogen and oxygen atoms in total. The van der Waals surface area contributed by atoms with Crippen LogP contribution in [-0.4, -0.2) is 37.3 Å². The lowest BCUT2D eigenvalue weighted by Crippen LogP contribution is -2.35. The van der Waals surface area contributed by atoms with Crippen LogP contribution in [0.5, 0.6) is 0 Å². The number of aromatic nitrogens is 2. The van der Waals surface area contributed by atoms with E-state index in [-0.39, 0.29) is 12.4 Å². The van der Waals surface area contributed by atoms with E-state index in [9.17, 15) is 8.42 Å². The van der Waals surface area contributed by atoms with Gasteiger partial charge in [-0.2, -0.15) is 0 Å². The molecule has 0 saturated carbocycles. The topological polar surface area (TPSA) is 64.0 Å². The highest BCUT2D eigenvalue weighted by Gasteiger charge is 2.28. The number of sulfone groups is 1. The molecule has 1 aromatic heterocycles. The summed E-state index contributed by atoms with van der Waals surface area (Å²) >= 11 is 0. The van der Waals surface area contributed by atoms with E-state index >= 15 is 0 Å². The molecule has 1 saturated heterocycles. The number of aryl methyl sites for hydroxylation is 1. The normalized spacial score (nSPS) is 21.0. The molecule has 1 unspecified atom stereocenters. The molecule has 1 aromatic carbocycles. The number of imidazole rings is 1. The predicted molar refractivity (Wildman–Crippen MR) is 105 cm³/mol. The van der Waals surface area contributed by atoms with Crippen molar-refractivity contribution in [1.29, 1.82) is 0 Å². The number of hydrogen-bond acceptors (Lipinski definition) is 4. The van der Waals surface area contributed by atoms with Crippen LogP contribution in [0, 0.1) is 11.8 Å². The zero-order valence-corrected chi connectivity index (χ0v) is 16.7. The summed E-state index contributed by atoms with van der Waals surface area (Å²) in [5.41, 5.74) is 1.92. The molecule has 4 rings (SSSR count). The van der Waals surface area contributed by atoms with Crippen molar-refractivity contribution < 1.29 is 8.42 Å². The number of benzene rings is 1. The molecule has 2 aromatic rings. The van der Waals surface area contributed by atoms with Gasteiger partial charge in [0.05, 0.1) is 10.6 Å². The molecule has 1 fully saturated rings. The van der Waals surface area contributed by atoms with Gasteiger partial charge in [0.15, 0.2) is 9.84 Å². The molecule has 1 atom stereocenters. The molecule has 0 radical (unpaired) electrons. The first-order valence-electron chi connectivity index (χ1n) is 9.08. The second kappa shape index (κ2) is 7.71. The molecular weight excluding hydrogens is 370 g/mol. The highest BCUT2D eigenvalue weighted by atomic mass is 35.5. The Morgan fingerprint density at radius 2 is 1.77 bits per heavy atom. The number of halogens is 1. The molecule has 7 heteroatoms. The standard InChI is InChI=1S/C19H25N3O2S.ClH/c1-25(23,24)17-5-2-15(3-6-17)18-13-22-12-16(4-7-19(22)21-18)14-8-10-20-11-9-14;/h2-3,5-6,13-14,16,20H,4,7-12H2,1H3;1H. The van der Waals surface area contributed by atoms with Crippen LogP contribution in [0.3, 0.4) is 0 Å². The molecule has 0 spiro atoms. The lowest BCUT2D eigenvalue weighted by molar-refractivity contribution is 0.205. The summed E-state index contributed by atoms with van der Waals surface area (Å²) in [4.78, 5) is 5.15. The maximum Gasteiger partial charge on any atom is 0.175 e. The second-order valence-corrected chi connectivity index (χ2v) is 9.39. The fourth-order valence-corrected chi connectivity index (χ4v) is 4.81. The molecule has 2 aliphatic heterocycles. The number of piperidine rings is 1. The van der Waals surface area contributed by atoms with Crippen LogP contribution >= 0.6 is 12.4 Å². The Hall–Kier alpha value is -1.37. The zero-order chi connectivity index (χ0) is 17.4. The van der Waals surface area contributed by atoms with E-state index in [0.29, 0.717) is 4.90 Å². The van der Waals surface area contributed by atoms with E-state index in [1.165, 1.54) is 25.5 Å². The van der Waals surface area contributed by atoms with Crippen LogP contribution in [-0.2, 0) is 22.8 Å². The predicted octanol–water partition coefficient (Wildman–Crippen LogP) is 2.94. The van der Waals surface area contributed by atoms with Gasteiger partial charge in [-0.25, -0.2) is 13.4 Å². The Morgan fingerprint density at radius 1 is 1.08 bits per heavy atom. The van der Waals surface area contributed by atoms with Gasteiger partial charge in [-0.1, -0.05) is 12.1 Å². The lowest BCUT2D eigenvalue weighted by Gasteiger charge is -2.33. The molecule has 2 aliphatic rings. The first kappa shape index (κ1) is 19.4. The summed E-state index contributed by atoms with van der Waals surface area (Å²) in [7, 11) is -3.15. The van der Waals surface area contributed by atoms with Crippen molar-refractivity contribution in [3.8, 4) is 11.3 Å². The SMILES string of the molecule is CS(=O)(=O)c1ccc(-c2cn3c(n2)CCC(C2CCNCC2)C3)cc1.Cl. The molecule has 0 aliphatic carbocycles. The monoisotopic (exact) mass is 395 g/mol. The van der Waals surface area contributed by atoms with Gasteiger partial charge in [0, 0.05) is 31.0 Å². The van der Waals surface area contributed by atoms with Gasteiger partial charge in [-0.15, -0.1) is 12.4 Å². The summed E-state index contributed by atoms with van der Waals surface area (Å²) < 4.78 is 25.5. The number of nitrogens with zero attached hydrogens (tertiary/aromatic N) is 2. The zero-order valence-electron chi connectivity index (χ0n) is 15.0. The molecule has 1 N–H and O–H groups in total. The van der Waals surface area contributed by atoms with Crippen molar-refractivity contribution in [2.45, 2.75) is 37.1 Å². The number of fused-ring (bicyclic) bond motifs is 1. The average Bonchev–Trinajstić information content (AvgIpc) is 3.05. The summed E-state index contributed by atoms with van der Waals surface area (Å²) in [5.74, 6) is 2.74.